The van der Waals surface area contributed by atoms with E-state index in [-0.39, 0.29) is 0 Å². The summed E-state index contributed by atoms with van der Waals surface area (Å²) in [5.74, 6) is 0.706. The summed E-state index contributed by atoms with van der Waals surface area (Å²) in [5, 5.41) is 38.2. The van der Waals surface area contributed by atoms with Gasteiger partial charge >= 0.3 is 0 Å². The van der Waals surface area contributed by atoms with Gasteiger partial charge in [-0.1, -0.05) is 18.2 Å². The minimum absolute atomic E-state index is 0.298. The van der Waals surface area contributed by atoms with Crippen molar-refractivity contribution in [3.05, 3.63) is 30.3 Å². The monoisotopic (exact) mass is 284 g/mol. The predicted molar refractivity (Wildman–Crippen MR) is 70.3 cm³/mol. The van der Waals surface area contributed by atoms with Crippen LogP contribution >= 0.6 is 0 Å². The molecule has 112 valence electrons. The Morgan fingerprint density at radius 1 is 0.950 bits per heavy atom. The Balaban J connectivity index is 1.85. The second-order valence-electron chi connectivity index (χ2n) is 4.82. The Bertz CT molecular complexity index is 396. The Morgan fingerprint density at radius 3 is 2.25 bits per heavy atom. The van der Waals surface area contributed by atoms with Crippen LogP contribution in [0, 0.1) is 0 Å². The molecule has 1 fully saturated rings. The molecule has 0 bridgehead atoms. The van der Waals surface area contributed by atoms with Gasteiger partial charge in [0, 0.05) is 6.42 Å². The van der Waals surface area contributed by atoms with Crippen LogP contribution < -0.4 is 4.74 Å². The lowest BCUT2D eigenvalue weighted by Gasteiger charge is -2.40. The molecule has 5 atom stereocenters. The Hall–Kier alpha value is -1.18. The standard InChI is InChI=1S/C14H20O6/c15-8-11-13(17)14(18)12(16)10(20-11)6-7-19-9-4-2-1-3-5-9/h1-5,10-18H,6-8H2/t10?,11-,12+,13-,14-/m1/s1. The molecule has 1 aromatic carbocycles. The molecule has 0 amide bonds. The lowest BCUT2D eigenvalue weighted by molar-refractivity contribution is -0.231. The number of ether oxygens (including phenoxy) is 2. The molecule has 2 rings (SSSR count). The second kappa shape index (κ2) is 7.01. The largest absolute Gasteiger partial charge is 0.493 e. The van der Waals surface area contributed by atoms with Gasteiger partial charge in [-0.05, 0) is 12.1 Å². The van der Waals surface area contributed by atoms with E-state index in [2.05, 4.69) is 0 Å². The minimum atomic E-state index is -1.33. The van der Waals surface area contributed by atoms with E-state index in [1.807, 2.05) is 30.3 Å². The molecule has 1 aliphatic rings. The summed E-state index contributed by atoms with van der Waals surface area (Å²) in [6.45, 7) is -0.117. The van der Waals surface area contributed by atoms with Crippen LogP contribution in [-0.2, 0) is 4.74 Å². The van der Waals surface area contributed by atoms with Crippen molar-refractivity contribution in [3.8, 4) is 5.75 Å². The van der Waals surface area contributed by atoms with Crippen molar-refractivity contribution in [2.24, 2.45) is 0 Å². The van der Waals surface area contributed by atoms with Crippen LogP contribution in [0.15, 0.2) is 30.3 Å². The van der Waals surface area contributed by atoms with E-state index in [1.165, 1.54) is 0 Å². The molecule has 1 unspecified atom stereocenters. The van der Waals surface area contributed by atoms with Crippen LogP contribution in [0.25, 0.3) is 0 Å². The van der Waals surface area contributed by atoms with Crippen molar-refractivity contribution in [3.63, 3.8) is 0 Å². The summed E-state index contributed by atoms with van der Waals surface area (Å²) in [6, 6.07) is 9.21. The second-order valence-corrected chi connectivity index (χ2v) is 4.82. The van der Waals surface area contributed by atoms with Crippen molar-refractivity contribution in [2.45, 2.75) is 36.9 Å². The molecule has 0 saturated carbocycles. The summed E-state index contributed by atoms with van der Waals surface area (Å²) in [4.78, 5) is 0. The number of aliphatic hydroxyl groups is 4. The molecule has 0 aromatic heterocycles. The van der Waals surface area contributed by atoms with Gasteiger partial charge in [0.2, 0.25) is 0 Å². The SMILES string of the molecule is OC[C@H]1OC(CCOc2ccccc2)[C@H](O)[C@@H](O)[C@@H]1O. The topological polar surface area (TPSA) is 99.4 Å². The van der Waals surface area contributed by atoms with Gasteiger partial charge < -0.3 is 29.9 Å². The van der Waals surface area contributed by atoms with Crippen molar-refractivity contribution in [1.29, 1.82) is 0 Å². The number of rotatable bonds is 5. The number of hydrogen-bond acceptors (Lipinski definition) is 6. The van der Waals surface area contributed by atoms with E-state index in [9.17, 15) is 15.3 Å². The van der Waals surface area contributed by atoms with Crippen molar-refractivity contribution in [1.82, 2.24) is 0 Å². The zero-order valence-corrected chi connectivity index (χ0v) is 11.0. The molecule has 4 N–H and O–H groups in total. The van der Waals surface area contributed by atoms with Gasteiger partial charge in [0.25, 0.3) is 0 Å². The highest BCUT2D eigenvalue weighted by molar-refractivity contribution is 5.20. The van der Waals surface area contributed by atoms with Gasteiger partial charge in [0.15, 0.2) is 0 Å². The molecule has 6 nitrogen and oxygen atoms in total. The summed E-state index contributed by atoms with van der Waals surface area (Å²) in [6.07, 6.45) is -5.06. The summed E-state index contributed by atoms with van der Waals surface area (Å²) in [7, 11) is 0. The van der Waals surface area contributed by atoms with Gasteiger partial charge in [-0.25, -0.2) is 0 Å². The molecular formula is C14H20O6. The molecule has 6 heteroatoms. The average Bonchev–Trinajstić information content (AvgIpc) is 2.48. The predicted octanol–water partition coefficient (Wildman–Crippen LogP) is -0.702. The van der Waals surface area contributed by atoms with Gasteiger partial charge in [-0.3, -0.25) is 0 Å². The van der Waals surface area contributed by atoms with Crippen molar-refractivity contribution < 1.29 is 29.9 Å². The number of hydrogen-bond donors (Lipinski definition) is 4. The maximum Gasteiger partial charge on any atom is 0.119 e. The van der Waals surface area contributed by atoms with E-state index in [4.69, 9.17) is 14.6 Å². The molecule has 20 heavy (non-hydrogen) atoms. The third-order valence-electron chi connectivity index (χ3n) is 3.41. The average molecular weight is 284 g/mol. The highest BCUT2D eigenvalue weighted by atomic mass is 16.5. The summed E-state index contributed by atoms with van der Waals surface area (Å²) >= 11 is 0. The van der Waals surface area contributed by atoms with Crippen LogP contribution in [0.3, 0.4) is 0 Å². The maximum atomic E-state index is 9.85. The van der Waals surface area contributed by atoms with Crippen molar-refractivity contribution in [2.75, 3.05) is 13.2 Å². The Morgan fingerprint density at radius 2 is 1.60 bits per heavy atom. The Labute approximate surface area is 117 Å². The zero-order chi connectivity index (χ0) is 14.5. The lowest BCUT2D eigenvalue weighted by Crippen LogP contribution is -2.58. The fraction of sp³-hybridized carbons (Fsp3) is 0.571. The minimum Gasteiger partial charge on any atom is -0.493 e. The number of benzene rings is 1. The fourth-order valence-corrected chi connectivity index (χ4v) is 2.23. The van der Waals surface area contributed by atoms with Gasteiger partial charge in [-0.2, -0.15) is 0 Å². The van der Waals surface area contributed by atoms with Gasteiger partial charge in [0.1, 0.15) is 30.2 Å². The van der Waals surface area contributed by atoms with E-state index in [0.29, 0.717) is 18.8 Å². The molecule has 0 radical (unpaired) electrons. The van der Waals surface area contributed by atoms with E-state index < -0.39 is 37.1 Å². The zero-order valence-electron chi connectivity index (χ0n) is 11.0. The molecular weight excluding hydrogens is 264 g/mol. The summed E-state index contributed by atoms with van der Waals surface area (Å²) in [5.41, 5.74) is 0. The quantitative estimate of drug-likeness (QED) is 0.570. The fourth-order valence-electron chi connectivity index (χ4n) is 2.23. The van der Waals surface area contributed by atoms with E-state index in [0.717, 1.165) is 0 Å². The van der Waals surface area contributed by atoms with Crippen LogP contribution in [0.1, 0.15) is 6.42 Å². The Kier molecular flexibility index (Phi) is 5.33. The number of aliphatic hydroxyl groups excluding tert-OH is 4. The van der Waals surface area contributed by atoms with Gasteiger partial charge in [-0.15, -0.1) is 0 Å². The van der Waals surface area contributed by atoms with Crippen molar-refractivity contribution >= 4 is 0 Å². The van der Waals surface area contributed by atoms with Crippen LogP contribution in [0.2, 0.25) is 0 Å². The van der Waals surface area contributed by atoms with E-state index >= 15 is 0 Å². The van der Waals surface area contributed by atoms with Gasteiger partial charge in [0.05, 0.1) is 19.3 Å². The summed E-state index contributed by atoms with van der Waals surface area (Å²) < 4.78 is 10.9. The molecule has 0 aliphatic carbocycles. The molecule has 0 spiro atoms. The van der Waals surface area contributed by atoms with Crippen LogP contribution in [0.5, 0.6) is 5.75 Å². The third kappa shape index (κ3) is 3.47. The van der Waals surface area contributed by atoms with Crippen LogP contribution in [-0.4, -0.2) is 64.2 Å². The molecule has 1 saturated heterocycles. The maximum absolute atomic E-state index is 9.85. The molecule has 1 aromatic rings. The normalized spacial score (nSPS) is 33.9. The molecule has 1 aliphatic heterocycles. The highest BCUT2D eigenvalue weighted by Crippen LogP contribution is 2.23. The molecule has 1 heterocycles. The van der Waals surface area contributed by atoms with E-state index in [1.54, 1.807) is 0 Å². The first-order valence-electron chi connectivity index (χ1n) is 6.62. The first-order chi connectivity index (χ1) is 9.63. The first-order valence-corrected chi connectivity index (χ1v) is 6.62. The third-order valence-corrected chi connectivity index (χ3v) is 3.41. The lowest BCUT2D eigenvalue weighted by atomic mass is 9.94. The van der Waals surface area contributed by atoms with Crippen LogP contribution in [0.4, 0.5) is 0 Å². The smallest absolute Gasteiger partial charge is 0.119 e. The first kappa shape index (κ1) is 15.2. The number of para-hydroxylation sites is 1. The highest BCUT2D eigenvalue weighted by Gasteiger charge is 2.42.